The molecule has 0 fully saturated rings. The van der Waals surface area contributed by atoms with Crippen LogP contribution in [-0.4, -0.2) is 19.9 Å². The van der Waals surface area contributed by atoms with E-state index in [0.717, 1.165) is 12.5 Å². The molecule has 108 valence electrons. The Kier molecular flexibility index (Phi) is 5.08. The Morgan fingerprint density at radius 1 is 1.25 bits per heavy atom. The van der Waals surface area contributed by atoms with Gasteiger partial charge in [0.05, 0.1) is 0 Å². The summed E-state index contributed by atoms with van der Waals surface area (Å²) in [6.45, 7) is 2.56. The molecule has 0 aliphatic carbocycles. The van der Waals surface area contributed by atoms with Crippen molar-refractivity contribution >= 4 is 11.8 Å². The highest BCUT2D eigenvalue weighted by Crippen LogP contribution is 2.23. The van der Waals surface area contributed by atoms with Gasteiger partial charge in [-0.15, -0.1) is 10.2 Å². The summed E-state index contributed by atoms with van der Waals surface area (Å²) in [6.07, 6.45) is 0.893. The Labute approximate surface area is 119 Å². The number of benzene rings is 1. The molecule has 1 heterocycles. The second kappa shape index (κ2) is 6.81. The highest BCUT2D eigenvalue weighted by Gasteiger charge is 2.11. The molecule has 0 saturated heterocycles. The predicted octanol–water partition coefficient (Wildman–Crippen LogP) is 2.75. The Morgan fingerprint density at radius 3 is 2.70 bits per heavy atom. The summed E-state index contributed by atoms with van der Waals surface area (Å²) in [5.41, 5.74) is 0.672. The maximum Gasteiger partial charge on any atom is 0.191 e. The zero-order valence-electron chi connectivity index (χ0n) is 11.0. The van der Waals surface area contributed by atoms with Crippen molar-refractivity contribution in [1.29, 1.82) is 0 Å². The highest BCUT2D eigenvalue weighted by molar-refractivity contribution is 7.98. The van der Waals surface area contributed by atoms with Gasteiger partial charge < -0.3 is 9.67 Å². The van der Waals surface area contributed by atoms with E-state index in [9.17, 15) is 13.9 Å². The Bertz CT molecular complexity index is 589. The number of thioether (sulfide) groups is 1. The smallest absolute Gasteiger partial charge is 0.191 e. The quantitative estimate of drug-likeness (QED) is 0.833. The van der Waals surface area contributed by atoms with Crippen LogP contribution in [0.15, 0.2) is 23.4 Å². The van der Waals surface area contributed by atoms with E-state index >= 15 is 0 Å². The second-order valence-electron chi connectivity index (χ2n) is 4.25. The largest absolute Gasteiger partial charge is 0.388 e. The predicted molar refractivity (Wildman–Crippen MR) is 72.2 cm³/mol. The van der Waals surface area contributed by atoms with Gasteiger partial charge >= 0.3 is 0 Å². The summed E-state index contributed by atoms with van der Waals surface area (Å²) in [4.78, 5) is 0. The summed E-state index contributed by atoms with van der Waals surface area (Å²) in [7, 11) is 0. The van der Waals surface area contributed by atoms with E-state index in [2.05, 4.69) is 10.2 Å². The van der Waals surface area contributed by atoms with Crippen molar-refractivity contribution in [2.24, 2.45) is 0 Å². The Balaban J connectivity index is 2.10. The van der Waals surface area contributed by atoms with Crippen LogP contribution in [0, 0.1) is 11.6 Å². The van der Waals surface area contributed by atoms with Crippen LogP contribution in [0.25, 0.3) is 0 Å². The molecule has 0 amide bonds. The maximum absolute atomic E-state index is 13.1. The van der Waals surface area contributed by atoms with Gasteiger partial charge in [0.2, 0.25) is 0 Å². The number of halogens is 2. The van der Waals surface area contributed by atoms with Crippen LogP contribution in [0.3, 0.4) is 0 Å². The lowest BCUT2D eigenvalue weighted by molar-refractivity contribution is 0.263. The van der Waals surface area contributed by atoms with Gasteiger partial charge in [0, 0.05) is 12.3 Å². The minimum atomic E-state index is -0.853. The third kappa shape index (κ3) is 3.34. The fourth-order valence-electron chi connectivity index (χ4n) is 1.77. The maximum atomic E-state index is 13.1. The van der Waals surface area contributed by atoms with Crippen LogP contribution in [0.2, 0.25) is 0 Å². The molecule has 0 unspecified atom stereocenters. The van der Waals surface area contributed by atoms with Gasteiger partial charge in [-0.3, -0.25) is 0 Å². The molecule has 4 nitrogen and oxygen atoms in total. The fraction of sp³-hybridized carbons (Fsp3) is 0.385. The van der Waals surface area contributed by atoms with Crippen molar-refractivity contribution < 1.29 is 13.9 Å². The van der Waals surface area contributed by atoms with Gasteiger partial charge in [-0.25, -0.2) is 8.78 Å². The van der Waals surface area contributed by atoms with Crippen LogP contribution in [0.4, 0.5) is 8.78 Å². The van der Waals surface area contributed by atoms with Crippen LogP contribution < -0.4 is 0 Å². The summed E-state index contributed by atoms with van der Waals surface area (Å²) in [5.74, 6) is -0.728. The summed E-state index contributed by atoms with van der Waals surface area (Å²) in [6, 6.07) is 3.83. The van der Waals surface area contributed by atoms with E-state index in [1.54, 1.807) is 6.07 Å². The van der Waals surface area contributed by atoms with Gasteiger partial charge in [-0.1, -0.05) is 24.8 Å². The molecule has 2 aromatic rings. The molecule has 0 spiro atoms. The summed E-state index contributed by atoms with van der Waals surface area (Å²) < 4.78 is 27.8. The minimum Gasteiger partial charge on any atom is -0.388 e. The molecule has 1 aromatic carbocycles. The van der Waals surface area contributed by atoms with Crippen molar-refractivity contribution in [2.75, 3.05) is 0 Å². The van der Waals surface area contributed by atoms with E-state index in [-0.39, 0.29) is 6.61 Å². The number of aliphatic hydroxyl groups is 1. The number of hydrogen-bond donors (Lipinski definition) is 1. The van der Waals surface area contributed by atoms with Gasteiger partial charge in [-0.05, 0) is 24.1 Å². The van der Waals surface area contributed by atoms with Crippen molar-refractivity contribution in [3.05, 3.63) is 41.2 Å². The molecule has 0 aliphatic heterocycles. The molecule has 2 rings (SSSR count). The molecule has 0 radical (unpaired) electrons. The zero-order valence-corrected chi connectivity index (χ0v) is 11.8. The van der Waals surface area contributed by atoms with Crippen molar-refractivity contribution in [3.63, 3.8) is 0 Å². The third-order valence-corrected chi connectivity index (χ3v) is 3.77. The van der Waals surface area contributed by atoms with Gasteiger partial charge in [0.25, 0.3) is 0 Å². The van der Waals surface area contributed by atoms with E-state index in [0.29, 0.717) is 28.8 Å². The lowest BCUT2D eigenvalue weighted by Gasteiger charge is -2.07. The van der Waals surface area contributed by atoms with Crippen molar-refractivity contribution in [1.82, 2.24) is 14.8 Å². The second-order valence-corrected chi connectivity index (χ2v) is 5.19. The number of nitrogens with zero attached hydrogens (tertiary/aromatic N) is 3. The van der Waals surface area contributed by atoms with Gasteiger partial charge in [0.15, 0.2) is 22.6 Å². The molecule has 0 saturated carbocycles. The van der Waals surface area contributed by atoms with E-state index in [1.165, 1.54) is 17.8 Å². The zero-order chi connectivity index (χ0) is 14.5. The van der Waals surface area contributed by atoms with E-state index in [1.807, 2.05) is 11.5 Å². The minimum absolute atomic E-state index is 0.168. The fourth-order valence-corrected chi connectivity index (χ4v) is 2.69. The normalized spacial score (nSPS) is 11.0. The number of aromatic nitrogens is 3. The number of aliphatic hydroxyl groups excluding tert-OH is 1. The number of rotatable bonds is 6. The van der Waals surface area contributed by atoms with Crippen LogP contribution in [0.5, 0.6) is 0 Å². The third-order valence-electron chi connectivity index (χ3n) is 2.73. The van der Waals surface area contributed by atoms with Gasteiger partial charge in [-0.2, -0.15) is 0 Å². The van der Waals surface area contributed by atoms with Gasteiger partial charge in [0.1, 0.15) is 6.61 Å². The van der Waals surface area contributed by atoms with Crippen LogP contribution in [-0.2, 0) is 18.9 Å². The standard InChI is InChI=1S/C13H15F2N3OS/c1-2-5-18-12(7-19)16-17-13(18)20-8-9-3-4-10(14)11(15)6-9/h3-4,6,19H,2,5,7-8H2,1H3. The average Bonchev–Trinajstić information content (AvgIpc) is 2.83. The first kappa shape index (κ1) is 14.9. The van der Waals surface area contributed by atoms with E-state index in [4.69, 9.17) is 0 Å². The molecule has 1 N–H and O–H groups in total. The lowest BCUT2D eigenvalue weighted by Crippen LogP contribution is -2.04. The highest BCUT2D eigenvalue weighted by atomic mass is 32.2. The molecule has 0 aliphatic rings. The molecular weight excluding hydrogens is 284 g/mol. The van der Waals surface area contributed by atoms with E-state index < -0.39 is 11.6 Å². The first-order valence-corrected chi connectivity index (χ1v) is 7.24. The molecule has 0 bridgehead atoms. The molecule has 20 heavy (non-hydrogen) atoms. The van der Waals surface area contributed by atoms with Crippen molar-refractivity contribution in [3.8, 4) is 0 Å². The molecule has 0 atom stereocenters. The molecular formula is C13H15F2N3OS. The summed E-state index contributed by atoms with van der Waals surface area (Å²) >= 11 is 1.38. The first-order valence-electron chi connectivity index (χ1n) is 6.25. The van der Waals surface area contributed by atoms with Crippen LogP contribution >= 0.6 is 11.8 Å². The Morgan fingerprint density at radius 2 is 2.05 bits per heavy atom. The SMILES string of the molecule is CCCn1c(CO)nnc1SCc1ccc(F)c(F)c1. The lowest BCUT2D eigenvalue weighted by atomic mass is 10.2. The average molecular weight is 299 g/mol. The van der Waals surface area contributed by atoms with Crippen LogP contribution in [0.1, 0.15) is 24.7 Å². The summed E-state index contributed by atoms with van der Waals surface area (Å²) in [5, 5.41) is 17.8. The first-order chi connectivity index (χ1) is 9.65. The Hall–Kier alpha value is -1.47. The topological polar surface area (TPSA) is 50.9 Å². The molecule has 1 aromatic heterocycles. The molecule has 7 heteroatoms. The number of hydrogen-bond acceptors (Lipinski definition) is 4. The monoisotopic (exact) mass is 299 g/mol. The van der Waals surface area contributed by atoms with Crippen molar-refractivity contribution in [2.45, 2.75) is 37.4 Å².